The number of aryl methyl sites for hydroxylation is 1. The summed E-state index contributed by atoms with van der Waals surface area (Å²) in [4.78, 5) is 0. The van der Waals surface area contributed by atoms with Crippen LogP contribution in [0, 0.1) is 11.3 Å². The van der Waals surface area contributed by atoms with E-state index in [0.29, 0.717) is 5.92 Å². The Morgan fingerprint density at radius 3 is 2.81 bits per heavy atom. The fraction of sp³-hybridized carbons (Fsp3) is 0.571. The molecule has 1 aliphatic rings. The lowest BCUT2D eigenvalue weighted by Gasteiger charge is -2.37. The van der Waals surface area contributed by atoms with Gasteiger partial charge in [-0.3, -0.25) is 0 Å². The van der Waals surface area contributed by atoms with Gasteiger partial charge in [0.25, 0.3) is 0 Å². The molecule has 1 nitrogen and oxygen atoms in total. The zero-order valence-corrected chi connectivity index (χ0v) is 10.8. The van der Waals surface area contributed by atoms with E-state index in [4.69, 9.17) is 17.3 Å². The largest absolute Gasteiger partial charge is 0.330 e. The monoisotopic (exact) mass is 237 g/mol. The number of hydrogen-bond acceptors (Lipinski definition) is 1. The summed E-state index contributed by atoms with van der Waals surface area (Å²) in [6.45, 7) is 5.30. The molecule has 0 bridgehead atoms. The number of fused-ring (bicyclic) bond motifs is 1. The first-order valence-corrected chi connectivity index (χ1v) is 6.38. The Balaban J connectivity index is 2.23. The van der Waals surface area contributed by atoms with Gasteiger partial charge in [-0.05, 0) is 60.4 Å². The molecule has 1 atom stereocenters. The fourth-order valence-corrected chi connectivity index (χ4v) is 2.75. The molecule has 1 aromatic rings. The normalized spacial score (nSPS) is 20.6. The Bertz CT molecular complexity index is 384. The van der Waals surface area contributed by atoms with Crippen molar-refractivity contribution in [2.24, 2.45) is 17.1 Å². The van der Waals surface area contributed by atoms with Gasteiger partial charge in [-0.15, -0.1) is 0 Å². The Morgan fingerprint density at radius 2 is 2.12 bits per heavy atom. The molecular weight excluding hydrogens is 218 g/mol. The summed E-state index contributed by atoms with van der Waals surface area (Å²) < 4.78 is 0. The molecule has 0 amide bonds. The van der Waals surface area contributed by atoms with Gasteiger partial charge >= 0.3 is 0 Å². The summed E-state index contributed by atoms with van der Waals surface area (Å²) in [6, 6.07) is 6.29. The minimum Gasteiger partial charge on any atom is -0.330 e. The second-order valence-electron chi connectivity index (χ2n) is 5.55. The molecule has 2 rings (SSSR count). The van der Waals surface area contributed by atoms with Gasteiger partial charge in [0.05, 0.1) is 0 Å². The van der Waals surface area contributed by atoms with Gasteiger partial charge in [-0.1, -0.05) is 31.5 Å². The molecule has 0 fully saturated rings. The minimum absolute atomic E-state index is 0.236. The Morgan fingerprint density at radius 1 is 1.38 bits per heavy atom. The van der Waals surface area contributed by atoms with Crippen LogP contribution in [-0.2, 0) is 12.8 Å². The third-order valence-corrected chi connectivity index (χ3v) is 4.26. The highest BCUT2D eigenvalue weighted by molar-refractivity contribution is 6.30. The van der Waals surface area contributed by atoms with Gasteiger partial charge in [0.1, 0.15) is 0 Å². The zero-order chi connectivity index (χ0) is 11.8. The summed E-state index contributed by atoms with van der Waals surface area (Å²) >= 11 is 6.05. The number of nitrogens with two attached hydrogens (primary N) is 1. The maximum atomic E-state index is 6.05. The smallest absolute Gasteiger partial charge is 0.0408 e. The SMILES string of the molecule is CC(C)(CN)C1CCc2ccc(Cl)cc2C1. The quantitative estimate of drug-likeness (QED) is 0.838. The molecule has 2 heteroatoms. The molecule has 0 saturated heterocycles. The van der Waals surface area contributed by atoms with Crippen LogP contribution in [-0.4, -0.2) is 6.54 Å². The van der Waals surface area contributed by atoms with Crippen molar-refractivity contribution in [2.75, 3.05) is 6.54 Å². The third-order valence-electron chi connectivity index (χ3n) is 4.03. The molecule has 1 unspecified atom stereocenters. The zero-order valence-electron chi connectivity index (χ0n) is 10.1. The Hall–Kier alpha value is -0.530. The van der Waals surface area contributed by atoms with E-state index in [1.807, 2.05) is 6.07 Å². The highest BCUT2D eigenvalue weighted by atomic mass is 35.5. The molecule has 0 heterocycles. The van der Waals surface area contributed by atoms with Crippen LogP contribution in [0.15, 0.2) is 18.2 Å². The summed E-state index contributed by atoms with van der Waals surface area (Å²) in [6.07, 6.45) is 3.54. The third kappa shape index (κ3) is 2.26. The van der Waals surface area contributed by atoms with E-state index in [9.17, 15) is 0 Å². The second kappa shape index (κ2) is 4.38. The molecule has 1 aliphatic carbocycles. The molecule has 0 saturated carbocycles. The Kier molecular flexibility index (Phi) is 3.27. The van der Waals surface area contributed by atoms with Crippen LogP contribution in [0.4, 0.5) is 0 Å². The van der Waals surface area contributed by atoms with Crippen LogP contribution in [0.1, 0.15) is 31.4 Å². The van der Waals surface area contributed by atoms with Crippen molar-refractivity contribution < 1.29 is 0 Å². The van der Waals surface area contributed by atoms with E-state index in [1.165, 1.54) is 24.0 Å². The van der Waals surface area contributed by atoms with Crippen LogP contribution in [0.2, 0.25) is 5.02 Å². The fourth-order valence-electron chi connectivity index (χ4n) is 2.56. The van der Waals surface area contributed by atoms with Gasteiger partial charge in [-0.2, -0.15) is 0 Å². The predicted octanol–water partition coefficient (Wildman–Crippen LogP) is 3.43. The summed E-state index contributed by atoms with van der Waals surface area (Å²) in [5.41, 5.74) is 8.98. The van der Waals surface area contributed by atoms with E-state index in [0.717, 1.165) is 18.0 Å². The van der Waals surface area contributed by atoms with Crippen LogP contribution in [0.25, 0.3) is 0 Å². The van der Waals surface area contributed by atoms with E-state index in [-0.39, 0.29) is 5.41 Å². The average molecular weight is 238 g/mol. The maximum Gasteiger partial charge on any atom is 0.0408 e. The van der Waals surface area contributed by atoms with Crippen LogP contribution >= 0.6 is 11.6 Å². The molecule has 88 valence electrons. The first-order chi connectivity index (χ1) is 7.53. The maximum absolute atomic E-state index is 6.05. The van der Waals surface area contributed by atoms with Crippen LogP contribution in [0.3, 0.4) is 0 Å². The first kappa shape index (κ1) is 11.9. The predicted molar refractivity (Wildman–Crippen MR) is 69.8 cm³/mol. The van der Waals surface area contributed by atoms with E-state index >= 15 is 0 Å². The van der Waals surface area contributed by atoms with Gasteiger partial charge in [0, 0.05) is 5.02 Å². The highest BCUT2D eigenvalue weighted by Crippen LogP contribution is 2.37. The lowest BCUT2D eigenvalue weighted by atomic mass is 9.69. The van der Waals surface area contributed by atoms with E-state index in [2.05, 4.69) is 26.0 Å². The molecule has 0 aliphatic heterocycles. The first-order valence-electron chi connectivity index (χ1n) is 6.00. The molecule has 0 aromatic heterocycles. The molecule has 1 aromatic carbocycles. The number of rotatable bonds is 2. The molecular formula is C14H20ClN. The van der Waals surface area contributed by atoms with Gasteiger partial charge in [0.2, 0.25) is 0 Å². The standard InChI is InChI=1S/C14H20ClN/c1-14(2,9-16)12-5-3-10-4-6-13(15)8-11(10)7-12/h4,6,8,12H,3,5,7,9,16H2,1-2H3. The van der Waals surface area contributed by atoms with Crippen molar-refractivity contribution in [1.29, 1.82) is 0 Å². The minimum atomic E-state index is 0.236. The van der Waals surface area contributed by atoms with Gasteiger partial charge in [0.15, 0.2) is 0 Å². The summed E-state index contributed by atoms with van der Waals surface area (Å²) in [7, 11) is 0. The number of benzene rings is 1. The van der Waals surface area contributed by atoms with Crippen molar-refractivity contribution in [2.45, 2.75) is 33.1 Å². The number of hydrogen-bond donors (Lipinski definition) is 1. The van der Waals surface area contributed by atoms with Crippen molar-refractivity contribution in [3.8, 4) is 0 Å². The van der Waals surface area contributed by atoms with E-state index in [1.54, 1.807) is 0 Å². The van der Waals surface area contributed by atoms with E-state index < -0.39 is 0 Å². The topological polar surface area (TPSA) is 26.0 Å². The van der Waals surface area contributed by atoms with Crippen LogP contribution < -0.4 is 5.73 Å². The summed E-state index contributed by atoms with van der Waals surface area (Å²) in [5.74, 6) is 0.684. The molecule has 2 N–H and O–H groups in total. The van der Waals surface area contributed by atoms with Gasteiger partial charge in [-0.25, -0.2) is 0 Å². The van der Waals surface area contributed by atoms with Crippen molar-refractivity contribution >= 4 is 11.6 Å². The average Bonchev–Trinajstić information content (AvgIpc) is 2.28. The van der Waals surface area contributed by atoms with Crippen molar-refractivity contribution in [1.82, 2.24) is 0 Å². The molecule has 16 heavy (non-hydrogen) atoms. The molecule has 0 radical (unpaired) electrons. The van der Waals surface area contributed by atoms with Crippen LogP contribution in [0.5, 0.6) is 0 Å². The molecule has 0 spiro atoms. The lowest BCUT2D eigenvalue weighted by Crippen LogP contribution is -2.35. The van der Waals surface area contributed by atoms with Crippen molar-refractivity contribution in [3.05, 3.63) is 34.3 Å². The second-order valence-corrected chi connectivity index (χ2v) is 5.98. The summed E-state index contributed by atoms with van der Waals surface area (Å²) in [5, 5.41) is 0.852. The van der Waals surface area contributed by atoms with Gasteiger partial charge < -0.3 is 5.73 Å². The number of halogens is 1. The van der Waals surface area contributed by atoms with Crippen molar-refractivity contribution in [3.63, 3.8) is 0 Å². The lowest BCUT2D eigenvalue weighted by molar-refractivity contribution is 0.200. The highest BCUT2D eigenvalue weighted by Gasteiger charge is 2.31. The Labute approximate surface area is 103 Å².